The van der Waals surface area contributed by atoms with Gasteiger partial charge < -0.3 is 5.73 Å². The van der Waals surface area contributed by atoms with Gasteiger partial charge in [-0.15, -0.1) is 0 Å². The summed E-state index contributed by atoms with van der Waals surface area (Å²) in [6.45, 7) is 9.15. The van der Waals surface area contributed by atoms with E-state index in [0.717, 1.165) is 6.54 Å². The smallest absolute Gasteiger partial charge is 0.234 e. The molecule has 3 nitrogen and oxygen atoms in total. The van der Waals surface area contributed by atoms with Crippen molar-refractivity contribution in [1.29, 1.82) is 0 Å². The second-order valence-electron chi connectivity index (χ2n) is 5.94. The van der Waals surface area contributed by atoms with E-state index < -0.39 is 0 Å². The van der Waals surface area contributed by atoms with E-state index in [9.17, 15) is 4.79 Å². The predicted molar refractivity (Wildman–Crippen MR) is 75.3 cm³/mol. The highest BCUT2D eigenvalue weighted by molar-refractivity contribution is 5.79. The predicted octanol–water partition coefficient (Wildman–Crippen LogP) is 2.29. The van der Waals surface area contributed by atoms with Gasteiger partial charge in [-0.3, -0.25) is 9.69 Å². The van der Waals surface area contributed by atoms with Crippen LogP contribution in [-0.4, -0.2) is 23.9 Å². The molecule has 0 aliphatic heterocycles. The van der Waals surface area contributed by atoms with Crippen LogP contribution in [0, 0.1) is 0 Å². The molecule has 100 valence electrons. The van der Waals surface area contributed by atoms with E-state index in [2.05, 4.69) is 45.0 Å². The second-order valence-corrected chi connectivity index (χ2v) is 5.94. The lowest BCUT2D eigenvalue weighted by atomic mass is 9.87. The van der Waals surface area contributed by atoms with E-state index in [0.29, 0.717) is 0 Å². The zero-order chi connectivity index (χ0) is 13.9. The Balaban J connectivity index is 2.73. The van der Waals surface area contributed by atoms with Gasteiger partial charge in [0.1, 0.15) is 0 Å². The lowest BCUT2D eigenvalue weighted by Gasteiger charge is -2.23. The van der Waals surface area contributed by atoms with E-state index >= 15 is 0 Å². The first-order valence-electron chi connectivity index (χ1n) is 6.31. The van der Waals surface area contributed by atoms with Gasteiger partial charge in [0.15, 0.2) is 0 Å². The summed E-state index contributed by atoms with van der Waals surface area (Å²) in [6, 6.07) is 8.29. The van der Waals surface area contributed by atoms with Crippen LogP contribution in [0.4, 0.5) is 0 Å². The number of amides is 1. The summed E-state index contributed by atoms with van der Waals surface area (Å²) >= 11 is 0. The number of nitrogens with zero attached hydrogens (tertiary/aromatic N) is 1. The quantitative estimate of drug-likeness (QED) is 0.888. The van der Waals surface area contributed by atoms with E-state index in [-0.39, 0.29) is 17.4 Å². The van der Waals surface area contributed by atoms with E-state index in [4.69, 9.17) is 5.73 Å². The lowest BCUT2D eigenvalue weighted by Crippen LogP contribution is -2.39. The summed E-state index contributed by atoms with van der Waals surface area (Å²) in [5.41, 5.74) is 7.97. The van der Waals surface area contributed by atoms with Crippen LogP contribution in [0.15, 0.2) is 24.3 Å². The number of benzene rings is 1. The number of primary amides is 1. The Morgan fingerprint density at radius 1 is 1.28 bits per heavy atom. The minimum atomic E-state index is -0.288. The molecule has 0 fully saturated rings. The van der Waals surface area contributed by atoms with Gasteiger partial charge in [-0.1, -0.05) is 45.0 Å². The van der Waals surface area contributed by atoms with Crippen molar-refractivity contribution < 1.29 is 4.79 Å². The van der Waals surface area contributed by atoms with Gasteiger partial charge in [0.05, 0.1) is 6.04 Å². The molecule has 0 unspecified atom stereocenters. The normalized spacial score (nSPS) is 13.7. The molecule has 1 rings (SSSR count). The summed E-state index contributed by atoms with van der Waals surface area (Å²) in [5, 5.41) is 0. The first-order chi connectivity index (χ1) is 8.21. The molecule has 1 atom stereocenters. The summed E-state index contributed by atoms with van der Waals surface area (Å²) in [5.74, 6) is -0.288. The Bertz CT molecular complexity index is 403. The summed E-state index contributed by atoms with van der Waals surface area (Å²) in [6.07, 6.45) is 0. The van der Waals surface area contributed by atoms with Crippen LogP contribution in [-0.2, 0) is 16.8 Å². The molecule has 0 heterocycles. The monoisotopic (exact) mass is 248 g/mol. The Morgan fingerprint density at radius 2 is 1.78 bits per heavy atom. The van der Waals surface area contributed by atoms with Gasteiger partial charge in [-0.25, -0.2) is 0 Å². The lowest BCUT2D eigenvalue weighted by molar-refractivity contribution is -0.122. The molecule has 0 saturated carbocycles. The molecule has 0 aromatic heterocycles. The molecule has 18 heavy (non-hydrogen) atoms. The van der Waals surface area contributed by atoms with E-state index in [1.165, 1.54) is 11.1 Å². The maximum atomic E-state index is 11.1. The fraction of sp³-hybridized carbons (Fsp3) is 0.533. The van der Waals surface area contributed by atoms with Gasteiger partial charge in [0.25, 0.3) is 0 Å². The minimum Gasteiger partial charge on any atom is -0.368 e. The van der Waals surface area contributed by atoms with Crippen LogP contribution in [0.1, 0.15) is 38.8 Å². The van der Waals surface area contributed by atoms with Crippen molar-refractivity contribution in [3.05, 3.63) is 35.4 Å². The van der Waals surface area contributed by atoms with E-state index in [1.54, 1.807) is 0 Å². The fourth-order valence-corrected chi connectivity index (χ4v) is 1.75. The average Bonchev–Trinajstić information content (AvgIpc) is 2.27. The van der Waals surface area contributed by atoms with E-state index in [1.807, 2.05) is 18.9 Å². The Hall–Kier alpha value is -1.35. The number of hydrogen-bond donors (Lipinski definition) is 1. The SMILES string of the molecule is C[C@@H](C(N)=O)N(C)Cc1ccc(C(C)(C)C)cc1. The zero-order valence-electron chi connectivity index (χ0n) is 12.0. The van der Waals surface area contributed by atoms with Crippen LogP contribution in [0.3, 0.4) is 0 Å². The molecule has 1 aromatic rings. The minimum absolute atomic E-state index is 0.172. The Labute approximate surface area is 110 Å². The molecule has 0 aliphatic rings. The molecule has 1 amide bonds. The number of likely N-dealkylation sites (N-methyl/N-ethyl adjacent to an activating group) is 1. The van der Waals surface area contributed by atoms with Crippen LogP contribution in [0.2, 0.25) is 0 Å². The van der Waals surface area contributed by atoms with Gasteiger partial charge in [0.2, 0.25) is 5.91 Å². The van der Waals surface area contributed by atoms with Crippen LogP contribution in [0.5, 0.6) is 0 Å². The summed E-state index contributed by atoms with van der Waals surface area (Å²) in [4.78, 5) is 13.0. The van der Waals surface area contributed by atoms with Crippen molar-refractivity contribution in [3.63, 3.8) is 0 Å². The number of rotatable bonds is 4. The first-order valence-corrected chi connectivity index (χ1v) is 6.31. The zero-order valence-corrected chi connectivity index (χ0v) is 12.0. The maximum absolute atomic E-state index is 11.1. The highest BCUT2D eigenvalue weighted by Gasteiger charge is 2.16. The molecule has 1 aromatic carbocycles. The molecular formula is C15H24N2O. The van der Waals surface area contributed by atoms with Gasteiger partial charge in [0, 0.05) is 6.54 Å². The largest absolute Gasteiger partial charge is 0.368 e. The molecule has 2 N–H and O–H groups in total. The molecule has 0 radical (unpaired) electrons. The molecule has 0 saturated heterocycles. The number of hydrogen-bond acceptors (Lipinski definition) is 2. The van der Waals surface area contributed by atoms with Crippen molar-refractivity contribution in [2.75, 3.05) is 7.05 Å². The summed E-state index contributed by atoms with van der Waals surface area (Å²) in [7, 11) is 1.91. The van der Waals surface area contributed by atoms with Crippen LogP contribution in [0.25, 0.3) is 0 Å². The van der Waals surface area contributed by atoms with Gasteiger partial charge in [-0.2, -0.15) is 0 Å². The number of nitrogens with two attached hydrogens (primary N) is 1. The average molecular weight is 248 g/mol. The van der Waals surface area contributed by atoms with Crippen molar-refractivity contribution >= 4 is 5.91 Å². The molecule has 0 aliphatic carbocycles. The molecular weight excluding hydrogens is 224 g/mol. The highest BCUT2D eigenvalue weighted by atomic mass is 16.1. The van der Waals surface area contributed by atoms with Gasteiger partial charge in [-0.05, 0) is 30.5 Å². The Kier molecular flexibility index (Phi) is 4.52. The topological polar surface area (TPSA) is 46.3 Å². The maximum Gasteiger partial charge on any atom is 0.234 e. The van der Waals surface area contributed by atoms with Crippen molar-refractivity contribution in [2.24, 2.45) is 5.73 Å². The standard InChI is InChI=1S/C15H24N2O/c1-11(14(16)18)17(5)10-12-6-8-13(9-7-12)15(2,3)4/h6-9,11H,10H2,1-5H3,(H2,16,18)/t11-/m0/s1. The van der Waals surface area contributed by atoms with Crippen molar-refractivity contribution in [2.45, 2.75) is 45.7 Å². The summed E-state index contributed by atoms with van der Waals surface area (Å²) < 4.78 is 0. The molecule has 3 heteroatoms. The molecule has 0 bridgehead atoms. The second kappa shape index (κ2) is 5.53. The van der Waals surface area contributed by atoms with Crippen LogP contribution < -0.4 is 5.73 Å². The Morgan fingerprint density at radius 3 is 2.17 bits per heavy atom. The van der Waals surface area contributed by atoms with Crippen molar-refractivity contribution in [1.82, 2.24) is 4.90 Å². The third-order valence-corrected chi connectivity index (χ3v) is 3.32. The molecule has 0 spiro atoms. The van der Waals surface area contributed by atoms with Gasteiger partial charge >= 0.3 is 0 Å². The number of carbonyl (C=O) groups is 1. The third-order valence-electron chi connectivity index (χ3n) is 3.32. The van der Waals surface area contributed by atoms with Crippen LogP contribution >= 0.6 is 0 Å². The fourth-order valence-electron chi connectivity index (χ4n) is 1.75. The van der Waals surface area contributed by atoms with Crippen molar-refractivity contribution in [3.8, 4) is 0 Å². The highest BCUT2D eigenvalue weighted by Crippen LogP contribution is 2.22. The third kappa shape index (κ3) is 3.84. The number of carbonyl (C=O) groups excluding carboxylic acids is 1. The first kappa shape index (κ1) is 14.7.